The summed E-state index contributed by atoms with van der Waals surface area (Å²) < 4.78 is 26.0. The van der Waals surface area contributed by atoms with Gasteiger partial charge in [-0.2, -0.15) is 0 Å². The Balaban J connectivity index is 1.15. The summed E-state index contributed by atoms with van der Waals surface area (Å²) in [5.41, 5.74) is 6.24. The molecule has 1 spiro atoms. The molecule has 250 valence electrons. The van der Waals surface area contributed by atoms with Crippen molar-refractivity contribution in [3.8, 4) is 27.6 Å². The van der Waals surface area contributed by atoms with E-state index in [9.17, 15) is 14.0 Å². The number of benzene rings is 2. The highest BCUT2D eigenvalue weighted by molar-refractivity contribution is 7.23. The van der Waals surface area contributed by atoms with Crippen molar-refractivity contribution in [3.63, 3.8) is 0 Å². The summed E-state index contributed by atoms with van der Waals surface area (Å²) in [5.74, 6) is 1.10. The average Bonchev–Trinajstić information content (AvgIpc) is 3.68. The molecule has 2 aromatic carbocycles. The number of nitrogens with zero attached hydrogens (tertiary/aromatic N) is 4. The maximum atomic E-state index is 14.4. The Kier molecular flexibility index (Phi) is 6.39. The fourth-order valence-corrected chi connectivity index (χ4v) is 9.86. The highest BCUT2D eigenvalue weighted by Crippen LogP contribution is 2.67. The third-order valence-corrected chi connectivity index (χ3v) is 12.2. The number of amides is 1. The first-order chi connectivity index (χ1) is 24.4. The van der Waals surface area contributed by atoms with Crippen LogP contribution >= 0.6 is 11.3 Å². The van der Waals surface area contributed by atoms with Gasteiger partial charge in [-0.3, -0.25) is 9.78 Å². The van der Waals surface area contributed by atoms with Gasteiger partial charge in [-0.05, 0) is 96.9 Å². The molecule has 50 heavy (non-hydrogen) atoms. The number of thiophene rings is 1. The van der Waals surface area contributed by atoms with E-state index in [2.05, 4.69) is 27.6 Å². The number of pyridine rings is 2. The third-order valence-electron chi connectivity index (χ3n) is 11.1. The molecule has 1 saturated carbocycles. The predicted octanol–water partition coefficient (Wildman–Crippen LogP) is 6.81. The number of piperidine rings is 1. The molecular formula is C38H31FN6O4S. The Hall–Kier alpha value is -5.36. The van der Waals surface area contributed by atoms with Crippen LogP contribution in [-0.2, 0) is 24.8 Å². The topological polar surface area (TPSA) is 126 Å². The second-order valence-corrected chi connectivity index (χ2v) is 14.7. The van der Waals surface area contributed by atoms with Gasteiger partial charge in [0.25, 0.3) is 11.8 Å². The molecule has 4 aromatic heterocycles. The third kappa shape index (κ3) is 4.27. The maximum Gasteiger partial charge on any atom is 0.434 e. The van der Waals surface area contributed by atoms with E-state index in [4.69, 9.17) is 19.1 Å². The number of rotatable bonds is 8. The average molecular weight is 687 g/mol. The van der Waals surface area contributed by atoms with Crippen LogP contribution in [-0.4, -0.2) is 44.6 Å². The first-order valence-electron chi connectivity index (χ1n) is 16.9. The van der Waals surface area contributed by atoms with E-state index < -0.39 is 11.3 Å². The van der Waals surface area contributed by atoms with Crippen LogP contribution in [0.4, 0.5) is 10.2 Å². The van der Waals surface area contributed by atoms with Crippen LogP contribution < -0.4 is 15.8 Å². The number of carbonyl (C=O) groups excluding carboxylic acids is 1. The summed E-state index contributed by atoms with van der Waals surface area (Å²) in [5, 5.41) is 11.4. The van der Waals surface area contributed by atoms with E-state index in [0.29, 0.717) is 47.7 Å². The van der Waals surface area contributed by atoms with Crippen molar-refractivity contribution in [2.75, 3.05) is 19.0 Å². The molecule has 10 nitrogen and oxygen atoms in total. The molecule has 0 bridgehead atoms. The summed E-state index contributed by atoms with van der Waals surface area (Å²) in [7, 11) is 1.70. The molecule has 2 N–H and O–H groups in total. The van der Waals surface area contributed by atoms with E-state index in [1.807, 2.05) is 23.1 Å². The van der Waals surface area contributed by atoms with Gasteiger partial charge in [0.05, 0.1) is 45.9 Å². The number of carbonyl (C=O) groups is 1. The second-order valence-electron chi connectivity index (χ2n) is 13.6. The number of halogens is 1. The number of hydrogen-bond donors (Lipinski definition) is 2. The van der Waals surface area contributed by atoms with E-state index in [-0.39, 0.29) is 23.7 Å². The normalized spacial score (nSPS) is 21.3. The molecule has 1 saturated heterocycles. The van der Waals surface area contributed by atoms with Crippen molar-refractivity contribution in [1.29, 1.82) is 0 Å². The zero-order chi connectivity index (χ0) is 33.7. The number of hydrogen-bond acceptors (Lipinski definition) is 9. The quantitative estimate of drug-likeness (QED) is 0.179. The van der Waals surface area contributed by atoms with Gasteiger partial charge in [0.1, 0.15) is 17.4 Å². The Morgan fingerprint density at radius 2 is 1.98 bits per heavy atom. The number of anilines is 1. The molecule has 1 amide bonds. The van der Waals surface area contributed by atoms with E-state index in [1.165, 1.54) is 23.3 Å². The van der Waals surface area contributed by atoms with Crippen molar-refractivity contribution in [1.82, 2.24) is 25.1 Å². The van der Waals surface area contributed by atoms with Gasteiger partial charge in [0.15, 0.2) is 0 Å². The van der Waals surface area contributed by atoms with E-state index in [1.54, 1.807) is 36.8 Å². The second kappa shape index (κ2) is 10.8. The lowest BCUT2D eigenvalue weighted by atomic mass is 9.92. The molecule has 4 aliphatic rings. The largest absolute Gasteiger partial charge is 0.496 e. The van der Waals surface area contributed by atoms with Crippen LogP contribution in [0.5, 0.6) is 5.75 Å². The van der Waals surface area contributed by atoms with Crippen molar-refractivity contribution in [2.45, 2.75) is 50.1 Å². The molecular weight excluding hydrogens is 656 g/mol. The fourth-order valence-electron chi connectivity index (χ4n) is 8.69. The SMILES string of the molecule is COc1cccc2c1CC[C@@H]2Nc1nccc2cc(-c3c4c(nc(CCc5ccc(F)cc5)c3-c3n[nH]c(=O)o3)[C@]35C[C@H]3CCN5C4=O)sc12. The number of ether oxygens (including phenoxy) is 1. The molecule has 2 fully saturated rings. The molecule has 6 aromatic rings. The summed E-state index contributed by atoms with van der Waals surface area (Å²) in [6.07, 6.45) is 6.52. The monoisotopic (exact) mass is 686 g/mol. The molecule has 10 rings (SSSR count). The van der Waals surface area contributed by atoms with Crippen molar-refractivity contribution < 1.29 is 18.3 Å². The van der Waals surface area contributed by atoms with Gasteiger partial charge in [-0.25, -0.2) is 19.3 Å². The maximum absolute atomic E-state index is 14.4. The van der Waals surface area contributed by atoms with Gasteiger partial charge >= 0.3 is 5.76 Å². The van der Waals surface area contributed by atoms with Crippen LogP contribution in [0, 0.1) is 11.7 Å². The molecule has 0 radical (unpaired) electrons. The minimum Gasteiger partial charge on any atom is -0.496 e. The highest BCUT2D eigenvalue weighted by atomic mass is 32.1. The van der Waals surface area contributed by atoms with Gasteiger partial charge < -0.3 is 19.4 Å². The molecule has 6 heterocycles. The highest BCUT2D eigenvalue weighted by Gasteiger charge is 2.70. The van der Waals surface area contributed by atoms with E-state index >= 15 is 0 Å². The van der Waals surface area contributed by atoms with Crippen LogP contribution in [0.15, 0.2) is 70.0 Å². The number of aromatic amines is 1. The van der Waals surface area contributed by atoms with Crippen molar-refractivity contribution in [2.24, 2.45) is 5.92 Å². The number of aryl methyl sites for hydroxylation is 2. The van der Waals surface area contributed by atoms with Gasteiger partial charge in [-0.15, -0.1) is 16.4 Å². The minimum atomic E-state index is -0.691. The van der Waals surface area contributed by atoms with Gasteiger partial charge in [0, 0.05) is 23.2 Å². The molecule has 0 unspecified atom stereocenters. The van der Waals surface area contributed by atoms with Crippen LogP contribution in [0.3, 0.4) is 0 Å². The Morgan fingerprint density at radius 1 is 1.10 bits per heavy atom. The van der Waals surface area contributed by atoms with Crippen molar-refractivity contribution >= 4 is 33.1 Å². The lowest BCUT2D eigenvalue weighted by Gasteiger charge is -2.19. The molecule has 2 aliphatic carbocycles. The standard InChI is InChI=1S/C38H31FN6O4S/c1-48-27-4-2-3-23-24(27)10-12-25(23)42-34-32-20(13-15-40-34)17-28(50-32)30-29(35-43-44-37(47)49-35)26(11-7-19-5-8-22(39)9-6-19)41-33-31(30)36(46)45-16-14-21-18-38(21,33)45/h2-6,8-9,13,15,17,21,25H,7,10-12,14,16,18H2,1H3,(H,40,42)(H,44,47)/t21-,25+,38+/m1/s1. The van der Waals surface area contributed by atoms with E-state index in [0.717, 1.165) is 63.5 Å². The lowest BCUT2D eigenvalue weighted by molar-refractivity contribution is 0.0738. The fraction of sp³-hybridized carbons (Fsp3) is 0.289. The lowest BCUT2D eigenvalue weighted by Crippen LogP contribution is -2.30. The summed E-state index contributed by atoms with van der Waals surface area (Å²) >= 11 is 1.55. The zero-order valence-corrected chi connectivity index (χ0v) is 27.9. The smallest absolute Gasteiger partial charge is 0.434 e. The molecule has 3 atom stereocenters. The number of methoxy groups -OCH3 is 1. The number of nitrogens with one attached hydrogen (secondary N) is 2. The Morgan fingerprint density at radius 3 is 2.78 bits per heavy atom. The number of fused-ring (bicyclic) bond motifs is 3. The minimum absolute atomic E-state index is 0.0443. The van der Waals surface area contributed by atoms with Crippen LogP contribution in [0.2, 0.25) is 0 Å². The predicted molar refractivity (Wildman–Crippen MR) is 186 cm³/mol. The van der Waals surface area contributed by atoms with Crippen LogP contribution in [0.1, 0.15) is 63.7 Å². The van der Waals surface area contributed by atoms with Gasteiger partial charge in [0.2, 0.25) is 0 Å². The van der Waals surface area contributed by atoms with Crippen LogP contribution in [0.25, 0.3) is 32.0 Å². The van der Waals surface area contributed by atoms with Crippen molar-refractivity contribution in [3.05, 3.63) is 111 Å². The first kappa shape index (κ1) is 29.5. The summed E-state index contributed by atoms with van der Waals surface area (Å²) in [4.78, 5) is 39.7. The first-order valence-corrected chi connectivity index (χ1v) is 17.8. The number of aromatic nitrogens is 4. The van der Waals surface area contributed by atoms with Gasteiger partial charge in [-0.1, -0.05) is 24.3 Å². The number of H-pyrrole nitrogens is 1. The Labute approximate surface area is 289 Å². The summed E-state index contributed by atoms with van der Waals surface area (Å²) in [6.45, 7) is 0.690. The molecule has 2 aliphatic heterocycles. The zero-order valence-electron chi connectivity index (χ0n) is 27.1. The molecule has 12 heteroatoms. The summed E-state index contributed by atoms with van der Waals surface area (Å²) in [6, 6.07) is 16.7. The Bertz CT molecular complexity index is 2440.